The first-order chi connectivity index (χ1) is 10.8. The molecule has 1 heterocycles. The van der Waals surface area contributed by atoms with Gasteiger partial charge >= 0.3 is 0 Å². The van der Waals surface area contributed by atoms with Crippen molar-refractivity contribution >= 4 is 11.6 Å². The molecule has 22 heavy (non-hydrogen) atoms. The first kappa shape index (κ1) is 14.1. The summed E-state index contributed by atoms with van der Waals surface area (Å²) in [7, 11) is 0. The highest BCUT2D eigenvalue weighted by molar-refractivity contribution is 6.30. The number of ether oxygens (including phenoxy) is 1. The van der Waals surface area contributed by atoms with Crippen LogP contribution >= 0.6 is 11.6 Å². The lowest BCUT2D eigenvalue weighted by Gasteiger charge is -2.07. The van der Waals surface area contributed by atoms with Gasteiger partial charge in [-0.05, 0) is 29.8 Å². The second kappa shape index (κ2) is 6.29. The molecule has 2 aromatic carbocycles. The molecule has 0 saturated heterocycles. The lowest BCUT2D eigenvalue weighted by atomic mass is 10.1. The number of nitriles is 1. The van der Waals surface area contributed by atoms with Gasteiger partial charge in [-0.1, -0.05) is 35.9 Å². The van der Waals surface area contributed by atoms with Gasteiger partial charge in [0.25, 0.3) is 0 Å². The summed E-state index contributed by atoms with van der Waals surface area (Å²) in [6, 6.07) is 16.9. The molecule has 1 aromatic heterocycles. The number of hydrogen-bond acceptors (Lipinski definition) is 4. The summed E-state index contributed by atoms with van der Waals surface area (Å²) in [6.07, 6.45) is 0. The molecule has 0 unspecified atom stereocenters. The molecule has 0 aliphatic heterocycles. The number of rotatable bonds is 4. The van der Waals surface area contributed by atoms with Gasteiger partial charge in [-0.25, -0.2) is 0 Å². The molecule has 0 aliphatic rings. The second-order valence-electron chi connectivity index (χ2n) is 4.58. The van der Waals surface area contributed by atoms with E-state index in [0.717, 1.165) is 11.1 Å². The van der Waals surface area contributed by atoms with Crippen LogP contribution in [0.4, 0.5) is 0 Å². The Morgan fingerprint density at radius 3 is 2.73 bits per heavy atom. The van der Waals surface area contributed by atoms with Crippen LogP contribution < -0.4 is 4.74 Å². The molecule has 0 amide bonds. The van der Waals surface area contributed by atoms with Gasteiger partial charge in [0.15, 0.2) is 5.69 Å². The third-order valence-corrected chi connectivity index (χ3v) is 3.33. The van der Waals surface area contributed by atoms with Crippen LogP contribution in [-0.4, -0.2) is 15.4 Å². The summed E-state index contributed by atoms with van der Waals surface area (Å²) in [5.41, 5.74) is 2.57. The smallest absolute Gasteiger partial charge is 0.190 e. The van der Waals surface area contributed by atoms with Crippen LogP contribution in [0.25, 0.3) is 11.3 Å². The molecule has 3 rings (SSSR count). The summed E-state index contributed by atoms with van der Waals surface area (Å²) >= 11 is 5.85. The van der Waals surface area contributed by atoms with Crippen molar-refractivity contribution in [2.24, 2.45) is 0 Å². The van der Waals surface area contributed by atoms with Gasteiger partial charge in [0.1, 0.15) is 24.1 Å². The summed E-state index contributed by atoms with van der Waals surface area (Å²) < 4.78 is 5.76. The number of halogens is 1. The Labute approximate surface area is 132 Å². The fourth-order valence-electron chi connectivity index (χ4n) is 1.99. The van der Waals surface area contributed by atoms with Crippen molar-refractivity contribution in [3.05, 3.63) is 64.8 Å². The predicted molar refractivity (Wildman–Crippen MR) is 82.3 cm³/mol. The molecule has 0 fully saturated rings. The molecule has 0 atom stereocenters. The zero-order chi connectivity index (χ0) is 15.4. The number of hydrogen-bond donors (Lipinski definition) is 1. The lowest BCUT2D eigenvalue weighted by molar-refractivity contribution is 0.306. The van der Waals surface area contributed by atoms with Crippen LogP contribution in [0.5, 0.6) is 5.75 Å². The topological polar surface area (TPSA) is 74.6 Å². The minimum Gasteiger partial charge on any atom is -0.489 e. The van der Waals surface area contributed by atoms with Crippen molar-refractivity contribution in [2.75, 3.05) is 0 Å². The fourth-order valence-corrected chi connectivity index (χ4v) is 2.12. The molecule has 0 bridgehead atoms. The van der Waals surface area contributed by atoms with Crippen molar-refractivity contribution in [3.8, 4) is 23.1 Å². The number of nitrogens with zero attached hydrogens (tertiary/aromatic N) is 3. The second-order valence-corrected chi connectivity index (χ2v) is 5.01. The maximum Gasteiger partial charge on any atom is 0.190 e. The Hall–Kier alpha value is -2.84. The van der Waals surface area contributed by atoms with E-state index in [9.17, 15) is 0 Å². The third-order valence-electron chi connectivity index (χ3n) is 3.08. The molecule has 3 aromatic rings. The van der Waals surface area contributed by atoms with Gasteiger partial charge in [0.2, 0.25) is 0 Å². The van der Waals surface area contributed by atoms with Gasteiger partial charge in [0.05, 0.1) is 0 Å². The highest BCUT2D eigenvalue weighted by Crippen LogP contribution is 2.24. The Morgan fingerprint density at radius 1 is 1.14 bits per heavy atom. The summed E-state index contributed by atoms with van der Waals surface area (Å²) in [4.78, 5) is 0. The monoisotopic (exact) mass is 310 g/mol. The number of H-pyrrole nitrogens is 1. The Morgan fingerprint density at radius 2 is 1.95 bits per heavy atom. The zero-order valence-corrected chi connectivity index (χ0v) is 12.2. The minimum atomic E-state index is 0.259. The van der Waals surface area contributed by atoms with Gasteiger partial charge in [-0.3, -0.25) is 0 Å². The van der Waals surface area contributed by atoms with Crippen molar-refractivity contribution in [1.29, 1.82) is 5.26 Å². The van der Waals surface area contributed by atoms with E-state index in [1.807, 2.05) is 54.6 Å². The minimum absolute atomic E-state index is 0.259. The van der Waals surface area contributed by atoms with Gasteiger partial charge < -0.3 is 4.74 Å². The van der Waals surface area contributed by atoms with Gasteiger partial charge in [-0.15, -0.1) is 5.10 Å². The highest BCUT2D eigenvalue weighted by atomic mass is 35.5. The van der Waals surface area contributed by atoms with Crippen LogP contribution in [0.2, 0.25) is 5.02 Å². The molecule has 6 heteroatoms. The van der Waals surface area contributed by atoms with E-state index in [1.165, 1.54) is 0 Å². The standard InChI is InChI=1S/C16H11ClN4O/c17-13-6-4-11(5-7-13)10-22-14-3-1-2-12(8-14)16-15(9-18)19-21-20-16/h1-8H,10H2,(H,19,20,21). The van der Waals surface area contributed by atoms with Crippen LogP contribution in [0.1, 0.15) is 11.3 Å². The van der Waals surface area contributed by atoms with Crippen molar-refractivity contribution in [2.45, 2.75) is 6.61 Å². The van der Waals surface area contributed by atoms with Crippen LogP contribution in [0.3, 0.4) is 0 Å². The third kappa shape index (κ3) is 3.08. The predicted octanol–water partition coefficient (Wildman–Crippen LogP) is 3.58. The van der Waals surface area contributed by atoms with E-state index in [0.29, 0.717) is 23.1 Å². The zero-order valence-electron chi connectivity index (χ0n) is 11.5. The van der Waals surface area contributed by atoms with E-state index in [2.05, 4.69) is 15.4 Å². The van der Waals surface area contributed by atoms with Gasteiger partial charge in [0, 0.05) is 10.6 Å². The van der Waals surface area contributed by atoms with E-state index in [1.54, 1.807) is 0 Å². The number of nitrogens with one attached hydrogen (secondary N) is 1. The lowest BCUT2D eigenvalue weighted by Crippen LogP contribution is -1.95. The normalized spacial score (nSPS) is 10.2. The molecular weight excluding hydrogens is 300 g/mol. The molecule has 1 N–H and O–H groups in total. The molecule has 0 spiro atoms. The molecular formula is C16H11ClN4O. The largest absolute Gasteiger partial charge is 0.489 e. The molecule has 108 valence electrons. The van der Waals surface area contributed by atoms with Crippen molar-refractivity contribution < 1.29 is 4.74 Å². The Kier molecular flexibility index (Phi) is 4.03. The SMILES string of the molecule is N#Cc1n[nH]nc1-c1cccc(OCc2ccc(Cl)cc2)c1. The van der Waals surface area contributed by atoms with Crippen molar-refractivity contribution in [3.63, 3.8) is 0 Å². The van der Waals surface area contributed by atoms with E-state index in [-0.39, 0.29) is 5.69 Å². The number of aromatic nitrogens is 3. The maximum atomic E-state index is 9.00. The van der Waals surface area contributed by atoms with Crippen LogP contribution in [-0.2, 0) is 6.61 Å². The van der Waals surface area contributed by atoms with E-state index < -0.39 is 0 Å². The number of aromatic amines is 1. The van der Waals surface area contributed by atoms with Crippen LogP contribution in [0, 0.1) is 11.3 Å². The first-order valence-electron chi connectivity index (χ1n) is 6.55. The molecule has 5 nitrogen and oxygen atoms in total. The fraction of sp³-hybridized carbons (Fsp3) is 0.0625. The van der Waals surface area contributed by atoms with E-state index in [4.69, 9.17) is 21.6 Å². The summed E-state index contributed by atoms with van der Waals surface area (Å²) in [5.74, 6) is 0.694. The maximum absolute atomic E-state index is 9.00. The molecule has 0 radical (unpaired) electrons. The Bertz CT molecular complexity index is 821. The van der Waals surface area contributed by atoms with Crippen LogP contribution in [0.15, 0.2) is 48.5 Å². The molecule has 0 aliphatic carbocycles. The summed E-state index contributed by atoms with van der Waals surface area (Å²) in [6.45, 7) is 0.435. The Balaban J connectivity index is 1.77. The van der Waals surface area contributed by atoms with Crippen molar-refractivity contribution in [1.82, 2.24) is 15.4 Å². The summed E-state index contributed by atoms with van der Waals surface area (Å²) in [5, 5.41) is 19.9. The first-order valence-corrected chi connectivity index (χ1v) is 6.92. The number of benzene rings is 2. The highest BCUT2D eigenvalue weighted by Gasteiger charge is 2.10. The van der Waals surface area contributed by atoms with Gasteiger partial charge in [-0.2, -0.15) is 15.6 Å². The quantitative estimate of drug-likeness (QED) is 0.799. The average Bonchev–Trinajstić information content (AvgIpc) is 3.03. The molecule has 0 saturated carbocycles. The average molecular weight is 311 g/mol. The van der Waals surface area contributed by atoms with E-state index >= 15 is 0 Å².